The zero-order chi connectivity index (χ0) is 12.6. The van der Waals surface area contributed by atoms with Crippen molar-refractivity contribution >= 4 is 37.4 Å². The van der Waals surface area contributed by atoms with Crippen molar-refractivity contribution in [2.75, 3.05) is 12.3 Å². The zero-order valence-corrected chi connectivity index (χ0v) is 12.4. The minimum atomic E-state index is -3.02. The standard InChI is InChI=1S/C11H13BrClNO2S/c1-7-5-14-11(6-17(7,15)16)9-3-2-8(12)4-10(9)13/h2-4,7,11,14H,5-6H2,1H3. The lowest BCUT2D eigenvalue weighted by Gasteiger charge is -2.28. The van der Waals surface area contributed by atoms with Crippen molar-refractivity contribution in [1.82, 2.24) is 5.32 Å². The highest BCUT2D eigenvalue weighted by Crippen LogP contribution is 2.29. The largest absolute Gasteiger partial charge is 0.308 e. The van der Waals surface area contributed by atoms with Gasteiger partial charge < -0.3 is 5.32 Å². The zero-order valence-electron chi connectivity index (χ0n) is 9.28. The molecule has 17 heavy (non-hydrogen) atoms. The maximum absolute atomic E-state index is 11.9. The van der Waals surface area contributed by atoms with Gasteiger partial charge in [0.25, 0.3) is 0 Å². The third kappa shape index (κ3) is 2.84. The van der Waals surface area contributed by atoms with Crippen LogP contribution in [0.1, 0.15) is 18.5 Å². The van der Waals surface area contributed by atoms with Gasteiger partial charge in [0, 0.05) is 22.1 Å². The van der Waals surface area contributed by atoms with Crippen molar-refractivity contribution in [2.45, 2.75) is 18.2 Å². The molecular weight excluding hydrogens is 326 g/mol. The van der Waals surface area contributed by atoms with Gasteiger partial charge in [-0.2, -0.15) is 0 Å². The lowest BCUT2D eigenvalue weighted by molar-refractivity contribution is 0.502. The first-order valence-corrected chi connectivity index (χ1v) is 8.18. The molecule has 0 spiro atoms. The van der Waals surface area contributed by atoms with E-state index in [1.807, 2.05) is 12.1 Å². The smallest absolute Gasteiger partial charge is 0.156 e. The van der Waals surface area contributed by atoms with Crippen molar-refractivity contribution in [3.63, 3.8) is 0 Å². The first-order chi connectivity index (χ1) is 7.90. The summed E-state index contributed by atoms with van der Waals surface area (Å²) in [4.78, 5) is 0. The molecule has 1 fully saturated rings. The van der Waals surface area contributed by atoms with Crippen LogP contribution < -0.4 is 5.32 Å². The first kappa shape index (κ1) is 13.3. The van der Waals surface area contributed by atoms with Crippen molar-refractivity contribution in [1.29, 1.82) is 0 Å². The van der Waals surface area contributed by atoms with E-state index in [9.17, 15) is 8.42 Å². The molecule has 1 aromatic carbocycles. The van der Waals surface area contributed by atoms with Gasteiger partial charge >= 0.3 is 0 Å². The molecule has 1 saturated heterocycles. The first-order valence-electron chi connectivity index (χ1n) is 5.30. The monoisotopic (exact) mass is 337 g/mol. The van der Waals surface area contributed by atoms with Crippen LogP contribution in [0.15, 0.2) is 22.7 Å². The van der Waals surface area contributed by atoms with Crippen LogP contribution in [0.2, 0.25) is 5.02 Å². The van der Waals surface area contributed by atoms with Gasteiger partial charge in [-0.15, -0.1) is 0 Å². The number of halogens is 2. The van der Waals surface area contributed by atoms with Gasteiger partial charge in [-0.3, -0.25) is 0 Å². The van der Waals surface area contributed by atoms with Crippen LogP contribution in [0.3, 0.4) is 0 Å². The van der Waals surface area contributed by atoms with E-state index in [1.54, 1.807) is 13.0 Å². The van der Waals surface area contributed by atoms with Gasteiger partial charge in [0.05, 0.1) is 11.0 Å². The summed E-state index contributed by atoms with van der Waals surface area (Å²) < 4.78 is 24.6. The SMILES string of the molecule is CC1CNC(c2ccc(Br)cc2Cl)CS1(=O)=O. The Hall–Kier alpha value is -0.100. The highest BCUT2D eigenvalue weighted by atomic mass is 79.9. The third-order valence-corrected chi connectivity index (χ3v) is 6.01. The fourth-order valence-corrected chi connectivity index (χ4v) is 4.12. The summed E-state index contributed by atoms with van der Waals surface area (Å²) in [5.41, 5.74) is 0.838. The lowest BCUT2D eigenvalue weighted by Crippen LogP contribution is -2.44. The van der Waals surface area contributed by atoms with E-state index in [1.165, 1.54) is 0 Å². The molecule has 1 aliphatic heterocycles. The maximum Gasteiger partial charge on any atom is 0.156 e. The Balaban J connectivity index is 2.30. The van der Waals surface area contributed by atoms with Gasteiger partial charge in [0.2, 0.25) is 0 Å². The average molecular weight is 339 g/mol. The molecule has 0 aliphatic carbocycles. The van der Waals surface area contributed by atoms with E-state index in [4.69, 9.17) is 11.6 Å². The van der Waals surface area contributed by atoms with Gasteiger partial charge in [-0.1, -0.05) is 33.6 Å². The van der Waals surface area contributed by atoms with Crippen LogP contribution in [-0.4, -0.2) is 26.0 Å². The van der Waals surface area contributed by atoms with Crippen LogP contribution in [0, 0.1) is 0 Å². The molecule has 2 rings (SSSR count). The molecule has 6 heteroatoms. The van der Waals surface area contributed by atoms with Gasteiger partial charge in [-0.05, 0) is 24.6 Å². The molecule has 94 valence electrons. The average Bonchev–Trinajstić information content (AvgIpc) is 2.22. The van der Waals surface area contributed by atoms with E-state index in [2.05, 4.69) is 21.2 Å². The summed E-state index contributed by atoms with van der Waals surface area (Å²) in [5.74, 6) is 0.107. The molecule has 2 atom stereocenters. The second-order valence-corrected chi connectivity index (χ2v) is 8.05. The van der Waals surface area contributed by atoms with E-state index < -0.39 is 9.84 Å². The van der Waals surface area contributed by atoms with E-state index in [-0.39, 0.29) is 17.0 Å². The summed E-state index contributed by atoms with van der Waals surface area (Å²) in [6.07, 6.45) is 0. The summed E-state index contributed by atoms with van der Waals surface area (Å²) in [6.45, 7) is 2.20. The number of rotatable bonds is 1. The summed E-state index contributed by atoms with van der Waals surface area (Å²) >= 11 is 9.46. The van der Waals surface area contributed by atoms with Gasteiger partial charge in [-0.25, -0.2) is 8.42 Å². The molecule has 3 nitrogen and oxygen atoms in total. The van der Waals surface area contributed by atoms with Gasteiger partial charge in [0.15, 0.2) is 9.84 Å². The number of benzene rings is 1. The quantitative estimate of drug-likeness (QED) is 0.856. The van der Waals surface area contributed by atoms with Crippen LogP contribution in [0.5, 0.6) is 0 Å². The predicted molar refractivity (Wildman–Crippen MR) is 73.1 cm³/mol. The molecule has 1 N–H and O–H groups in total. The number of hydrogen-bond donors (Lipinski definition) is 1. The maximum atomic E-state index is 11.9. The third-order valence-electron chi connectivity index (χ3n) is 3.00. The second kappa shape index (κ2) is 4.88. The van der Waals surface area contributed by atoms with Crippen LogP contribution in [-0.2, 0) is 9.84 Å². The summed E-state index contributed by atoms with van der Waals surface area (Å²) in [7, 11) is -3.02. The number of sulfone groups is 1. The van der Waals surface area contributed by atoms with Crippen molar-refractivity contribution in [2.24, 2.45) is 0 Å². The van der Waals surface area contributed by atoms with Crippen LogP contribution in [0.25, 0.3) is 0 Å². The minimum absolute atomic E-state index is 0.107. The summed E-state index contributed by atoms with van der Waals surface area (Å²) in [5, 5.41) is 3.48. The van der Waals surface area contributed by atoms with Crippen LogP contribution >= 0.6 is 27.5 Å². The Morgan fingerprint density at radius 3 is 2.76 bits per heavy atom. The topological polar surface area (TPSA) is 46.2 Å². The Kier molecular flexibility index (Phi) is 3.83. The van der Waals surface area contributed by atoms with Gasteiger partial charge in [0.1, 0.15) is 0 Å². The Morgan fingerprint density at radius 1 is 1.47 bits per heavy atom. The molecule has 0 amide bonds. The summed E-state index contributed by atoms with van der Waals surface area (Å²) in [6, 6.07) is 5.30. The molecule has 0 aromatic heterocycles. The Bertz CT molecular complexity index is 532. The minimum Gasteiger partial charge on any atom is -0.308 e. The van der Waals surface area contributed by atoms with Crippen molar-refractivity contribution in [3.8, 4) is 0 Å². The lowest BCUT2D eigenvalue weighted by atomic mass is 10.1. The Labute approximate surface area is 115 Å². The fraction of sp³-hybridized carbons (Fsp3) is 0.455. The molecule has 1 heterocycles. The molecule has 1 aromatic rings. The van der Waals surface area contributed by atoms with Crippen molar-refractivity contribution < 1.29 is 8.42 Å². The highest BCUT2D eigenvalue weighted by Gasteiger charge is 2.32. The van der Waals surface area contributed by atoms with E-state index in [0.717, 1.165) is 10.0 Å². The molecule has 0 radical (unpaired) electrons. The Morgan fingerprint density at radius 2 is 2.18 bits per heavy atom. The number of hydrogen-bond acceptors (Lipinski definition) is 3. The highest BCUT2D eigenvalue weighted by molar-refractivity contribution is 9.10. The van der Waals surface area contributed by atoms with Crippen LogP contribution in [0.4, 0.5) is 0 Å². The predicted octanol–water partition coefficient (Wildman–Crippen LogP) is 2.55. The van der Waals surface area contributed by atoms with E-state index >= 15 is 0 Å². The van der Waals surface area contributed by atoms with E-state index in [0.29, 0.717) is 11.6 Å². The van der Waals surface area contributed by atoms with Crippen molar-refractivity contribution in [3.05, 3.63) is 33.3 Å². The molecule has 0 bridgehead atoms. The second-order valence-electron chi connectivity index (χ2n) is 4.27. The fourth-order valence-electron chi connectivity index (χ4n) is 1.87. The number of nitrogens with one attached hydrogen (secondary N) is 1. The normalized spacial score (nSPS) is 27.9. The molecule has 0 saturated carbocycles. The molecule has 2 unspecified atom stereocenters. The molecular formula is C11H13BrClNO2S. The molecule has 1 aliphatic rings.